The largest absolute Gasteiger partial charge is 0.463 e. The van der Waals surface area contributed by atoms with Crippen LogP contribution in [0, 0.1) is 0 Å². The molecule has 15 heteroatoms. The molecule has 23 heavy (non-hydrogen) atoms. The molecule has 1 saturated heterocycles. The van der Waals surface area contributed by atoms with Crippen LogP contribution in [0.3, 0.4) is 0 Å². The Labute approximate surface area is 170 Å². The number of rotatable bonds is 8. The van der Waals surface area contributed by atoms with Gasteiger partial charge in [0, 0.05) is 12.8 Å². The lowest BCUT2D eigenvalue weighted by molar-refractivity contribution is -0.145. The summed E-state index contributed by atoms with van der Waals surface area (Å²) < 4.78 is 7.42. The van der Waals surface area contributed by atoms with Crippen LogP contribution in [0.5, 0.6) is 0 Å². The van der Waals surface area contributed by atoms with E-state index in [1.165, 1.54) is 0 Å². The second kappa shape index (κ2) is 10.3. The van der Waals surface area contributed by atoms with E-state index < -0.39 is 13.1 Å². The minimum atomic E-state index is -1.87. The molecule has 0 spiro atoms. The lowest BCUT2D eigenvalue weighted by Gasteiger charge is -2.35. The van der Waals surface area contributed by atoms with Crippen LogP contribution in [0.25, 0.3) is 0 Å². The van der Waals surface area contributed by atoms with Crippen molar-refractivity contribution in [1.29, 1.82) is 0 Å². The third kappa shape index (κ3) is 9.95. The summed E-state index contributed by atoms with van der Waals surface area (Å²) in [5.74, 6) is -1.94. The molecule has 0 bridgehead atoms. The van der Waals surface area contributed by atoms with Gasteiger partial charge in [0.15, 0.2) is 14.9 Å². The summed E-state index contributed by atoms with van der Waals surface area (Å²) in [5.41, 5.74) is 0. The van der Waals surface area contributed by atoms with Crippen molar-refractivity contribution in [3.8, 4) is 0 Å². The van der Waals surface area contributed by atoms with Crippen LogP contribution in [0.1, 0.15) is 26.2 Å². The van der Waals surface area contributed by atoms with Gasteiger partial charge in [0.25, 0.3) is 0 Å². The van der Waals surface area contributed by atoms with Gasteiger partial charge in [0.05, 0.1) is 28.4 Å². The van der Waals surface area contributed by atoms with Crippen LogP contribution >= 0.6 is 70.6 Å². The molecule has 0 aliphatic carbocycles. The Bertz CT molecular complexity index is 538. The maximum atomic E-state index is 11.5. The Morgan fingerprint density at radius 1 is 1.17 bits per heavy atom. The van der Waals surface area contributed by atoms with Crippen molar-refractivity contribution < 1.29 is 18.8 Å². The normalized spacial score (nSPS) is 34.1. The van der Waals surface area contributed by atoms with Crippen molar-refractivity contribution in [2.75, 3.05) is 13.2 Å². The maximum Gasteiger partial charge on any atom is 0.306 e. The van der Waals surface area contributed by atoms with E-state index in [1.54, 1.807) is 39.9 Å². The number of ketones is 1. The van der Waals surface area contributed by atoms with Crippen molar-refractivity contribution in [3.05, 3.63) is 0 Å². The van der Waals surface area contributed by atoms with Crippen molar-refractivity contribution >= 4 is 113 Å². The summed E-state index contributed by atoms with van der Waals surface area (Å²) in [6, 6.07) is 0. The molecule has 1 fully saturated rings. The Kier molecular flexibility index (Phi) is 10.6. The van der Waals surface area contributed by atoms with Crippen LogP contribution in [0.4, 0.5) is 0 Å². The summed E-state index contributed by atoms with van der Waals surface area (Å²) in [4.78, 5) is 22.7. The predicted molar refractivity (Wildman–Crippen MR) is 128 cm³/mol. The van der Waals surface area contributed by atoms with Crippen LogP contribution in [-0.2, 0) is 42.5 Å². The summed E-state index contributed by atoms with van der Waals surface area (Å²) in [5, 5.41) is 0. The first kappa shape index (κ1) is 23.7. The van der Waals surface area contributed by atoms with Crippen LogP contribution in [0.15, 0.2) is 0 Å². The fourth-order valence-corrected chi connectivity index (χ4v) is 72.5. The number of thiol groups is 2. The average Bonchev–Trinajstić information content (AvgIpc) is 2.36. The molecule has 2 unspecified atom stereocenters. The molecule has 1 aliphatic rings. The first-order valence-electron chi connectivity index (χ1n) is 6.00. The van der Waals surface area contributed by atoms with Gasteiger partial charge in [-0.15, -0.1) is 24.5 Å². The number of carbonyl (C=O) groups is 2. The van der Waals surface area contributed by atoms with E-state index in [2.05, 4.69) is 24.5 Å². The van der Waals surface area contributed by atoms with Crippen molar-refractivity contribution in [1.82, 2.24) is 0 Å². The van der Waals surface area contributed by atoms with E-state index in [0.29, 0.717) is 13.0 Å². The summed E-state index contributed by atoms with van der Waals surface area (Å²) >= 11 is 25.3. The third-order valence-corrected chi connectivity index (χ3v) is 43.2. The third-order valence-electron chi connectivity index (χ3n) is 2.09. The zero-order chi connectivity index (χ0) is 17.7. The fraction of sp³-hybridized carbons (Fsp3) is 0.750. The van der Waals surface area contributed by atoms with Gasteiger partial charge in [0.1, 0.15) is 24.8 Å². The zero-order valence-electron chi connectivity index (χ0n) is 11.4. The quantitative estimate of drug-likeness (QED) is 0.158. The highest BCUT2D eigenvalue weighted by molar-refractivity contribution is 9.58. The lowest BCUT2D eigenvalue weighted by atomic mass is 10.2. The highest BCUT2D eigenvalue weighted by Crippen LogP contribution is 3.10. The number of hydrogen-bond donors (Lipinski definition) is 2. The van der Waals surface area contributed by atoms with Gasteiger partial charge in [-0.2, -0.15) is 0 Å². The number of carbonyl (C=O) groups excluding carboxylic acids is 2. The number of ether oxygens (including phenoxy) is 1. The van der Waals surface area contributed by atoms with Gasteiger partial charge in [-0.05, 0) is 11.0 Å². The summed E-state index contributed by atoms with van der Waals surface area (Å²) in [6.07, 6.45) is 0.828. The number of hydrogen-bond acceptors (Lipinski definition) is 9. The topological polar surface area (TPSA) is 52.6 Å². The Morgan fingerprint density at radius 3 is 2.26 bits per heavy atom. The molecule has 4 nitrogen and oxygen atoms in total. The summed E-state index contributed by atoms with van der Waals surface area (Å²) in [7, 11) is -0.124. The molecule has 0 aromatic rings. The van der Waals surface area contributed by atoms with Gasteiger partial charge in [-0.25, -0.2) is 0 Å². The smallest absolute Gasteiger partial charge is 0.306 e. The van der Waals surface area contributed by atoms with E-state index in [-0.39, 0.29) is 38.8 Å². The molecule has 0 aromatic carbocycles. The van der Waals surface area contributed by atoms with Crippen molar-refractivity contribution in [3.63, 3.8) is 0 Å². The molecule has 0 radical (unpaired) electrons. The molecule has 1 aliphatic heterocycles. The van der Waals surface area contributed by atoms with Crippen molar-refractivity contribution in [2.24, 2.45) is 0 Å². The second-order valence-corrected chi connectivity index (χ2v) is 38.0. The van der Waals surface area contributed by atoms with E-state index in [0.717, 1.165) is 0 Å². The summed E-state index contributed by atoms with van der Waals surface area (Å²) in [6.45, 7) is 2.33. The molecule has 0 aromatic heterocycles. The van der Waals surface area contributed by atoms with E-state index >= 15 is 0 Å². The molecular weight excluding hydrogens is 488 g/mol. The highest BCUT2D eigenvalue weighted by Gasteiger charge is 2.48. The molecule has 1 rings (SSSR count). The Hall–Kier alpha value is 2.64. The fourth-order valence-electron chi connectivity index (χ4n) is 1.15. The molecule has 1 heterocycles. The molecular formula is C8H18BO4P3S7. The van der Waals surface area contributed by atoms with Crippen LogP contribution in [0.2, 0.25) is 0 Å². The SMILES string of the molecule is [BH3-][P+]1(OCCOC(=O)CCC(=O)CC)SP(=S)(S)SP(=S)(S)S1. The number of Topliss-reactive ketones (excluding diaryl/α,β-unsaturated/α-hetero) is 1. The molecule has 2 atom stereocenters. The standard InChI is InChI=1S/C8H18BO4P3S7/c1-2-7(10)3-4-8(11)12-5-6-13-14(9)21-15(17,18)23-16(19,20)22-14/h2-6H2,1,9H3,(H,17,18)(H,19,20). The second-order valence-electron chi connectivity index (χ2n) is 3.85. The van der Waals surface area contributed by atoms with Gasteiger partial charge in [0.2, 0.25) is 0 Å². The highest BCUT2D eigenvalue weighted by atomic mass is 33.9. The molecule has 0 N–H and O–H groups in total. The first-order chi connectivity index (χ1) is 10.5. The Morgan fingerprint density at radius 2 is 1.74 bits per heavy atom. The monoisotopic (exact) mass is 506 g/mol. The van der Waals surface area contributed by atoms with Crippen LogP contribution < -0.4 is 0 Å². The molecule has 134 valence electrons. The molecule has 0 amide bonds. The Balaban J connectivity index is 2.37. The predicted octanol–water partition coefficient (Wildman–Crippen LogP) is 4.87. The zero-order valence-corrected chi connectivity index (χ0v) is 20.0. The molecule has 0 saturated carbocycles. The van der Waals surface area contributed by atoms with Crippen LogP contribution in [-0.4, -0.2) is 32.5 Å². The maximum absolute atomic E-state index is 11.5. The number of esters is 1. The van der Waals surface area contributed by atoms with E-state index in [1.807, 2.05) is 0 Å². The van der Waals surface area contributed by atoms with E-state index in [4.69, 9.17) is 32.9 Å². The average molecular weight is 506 g/mol. The van der Waals surface area contributed by atoms with Crippen molar-refractivity contribution in [2.45, 2.75) is 26.2 Å². The van der Waals surface area contributed by atoms with E-state index in [9.17, 15) is 9.59 Å². The minimum Gasteiger partial charge on any atom is -0.463 e. The first-order valence-corrected chi connectivity index (χ1v) is 21.3. The van der Waals surface area contributed by atoms with Gasteiger partial charge < -0.3 is 4.74 Å². The minimum absolute atomic E-state index is 0.0685. The van der Waals surface area contributed by atoms with Gasteiger partial charge in [-0.1, -0.05) is 30.5 Å². The van der Waals surface area contributed by atoms with Gasteiger partial charge >= 0.3 is 5.97 Å². The van der Waals surface area contributed by atoms with Gasteiger partial charge in [-0.3, -0.25) is 14.1 Å². The lowest BCUT2D eigenvalue weighted by Crippen LogP contribution is -2.11.